The molecular formula is C15H17N7OS. The molecule has 2 aromatic heterocycles. The molecule has 0 fully saturated rings. The van der Waals surface area contributed by atoms with Gasteiger partial charge in [0.2, 0.25) is 5.82 Å². The molecule has 0 radical (unpaired) electrons. The number of benzene rings is 1. The molecule has 3 N–H and O–H groups in total. The topological polar surface area (TPSA) is 112 Å². The van der Waals surface area contributed by atoms with E-state index in [0.29, 0.717) is 23.1 Å². The molecule has 3 aromatic rings. The average molecular weight is 343 g/mol. The monoisotopic (exact) mass is 343 g/mol. The second-order valence-electron chi connectivity index (χ2n) is 5.22. The van der Waals surface area contributed by atoms with Crippen molar-refractivity contribution < 1.29 is 4.79 Å². The van der Waals surface area contributed by atoms with Crippen LogP contribution in [0.5, 0.6) is 0 Å². The number of carbonyl (C=O) groups is 1. The molecule has 3 rings (SSSR count). The van der Waals surface area contributed by atoms with Crippen LogP contribution >= 0.6 is 11.3 Å². The van der Waals surface area contributed by atoms with Crippen LogP contribution < -0.4 is 11.1 Å². The number of carbonyl (C=O) groups excluding carboxylic acids is 1. The van der Waals surface area contributed by atoms with Gasteiger partial charge in [0.15, 0.2) is 5.13 Å². The Morgan fingerprint density at radius 2 is 2.12 bits per heavy atom. The summed E-state index contributed by atoms with van der Waals surface area (Å²) >= 11 is 1.43. The van der Waals surface area contributed by atoms with Gasteiger partial charge >= 0.3 is 0 Å². The Morgan fingerprint density at radius 3 is 2.75 bits per heavy atom. The van der Waals surface area contributed by atoms with E-state index in [1.165, 1.54) is 16.1 Å². The van der Waals surface area contributed by atoms with Crippen LogP contribution in [0.4, 0.5) is 5.13 Å². The third-order valence-corrected chi connectivity index (χ3v) is 4.10. The van der Waals surface area contributed by atoms with Crippen molar-refractivity contribution >= 4 is 22.4 Å². The van der Waals surface area contributed by atoms with Crippen molar-refractivity contribution in [1.29, 1.82) is 0 Å². The van der Waals surface area contributed by atoms with Crippen molar-refractivity contribution in [2.24, 2.45) is 7.05 Å². The van der Waals surface area contributed by atoms with Crippen LogP contribution in [0.2, 0.25) is 0 Å². The lowest BCUT2D eigenvalue weighted by molar-refractivity contribution is 0.0953. The number of nitrogens with two attached hydrogens (primary N) is 1. The molecular weight excluding hydrogens is 326 g/mol. The highest BCUT2D eigenvalue weighted by molar-refractivity contribution is 7.13. The Balaban J connectivity index is 1.49. The summed E-state index contributed by atoms with van der Waals surface area (Å²) in [6, 6.07) is 7.12. The van der Waals surface area contributed by atoms with E-state index in [1.54, 1.807) is 19.2 Å². The van der Waals surface area contributed by atoms with Gasteiger partial charge in [-0.05, 0) is 30.2 Å². The van der Waals surface area contributed by atoms with Crippen molar-refractivity contribution in [3.05, 3.63) is 40.9 Å². The molecule has 0 aliphatic rings. The summed E-state index contributed by atoms with van der Waals surface area (Å²) in [5.74, 6) is 0.429. The molecule has 24 heavy (non-hydrogen) atoms. The van der Waals surface area contributed by atoms with E-state index in [2.05, 4.69) is 25.7 Å². The van der Waals surface area contributed by atoms with E-state index >= 15 is 0 Å². The third-order valence-electron chi connectivity index (χ3n) is 3.38. The van der Waals surface area contributed by atoms with Crippen LogP contribution in [0, 0.1) is 0 Å². The number of nitrogen functional groups attached to an aromatic ring is 1. The summed E-state index contributed by atoms with van der Waals surface area (Å²) in [7, 11) is 1.71. The number of rotatable bonds is 6. The number of hydrogen-bond donors (Lipinski definition) is 2. The summed E-state index contributed by atoms with van der Waals surface area (Å²) < 4.78 is 0. The van der Waals surface area contributed by atoms with Crippen LogP contribution in [-0.2, 0) is 13.5 Å². The summed E-state index contributed by atoms with van der Waals surface area (Å²) in [5.41, 5.74) is 7.97. The first-order chi connectivity index (χ1) is 11.6. The number of nitrogens with one attached hydrogen (secondary N) is 1. The molecule has 0 saturated carbocycles. The molecule has 0 unspecified atom stereocenters. The molecule has 0 aliphatic heterocycles. The Morgan fingerprint density at radius 1 is 1.33 bits per heavy atom. The van der Waals surface area contributed by atoms with Gasteiger partial charge in [-0.1, -0.05) is 12.1 Å². The van der Waals surface area contributed by atoms with Gasteiger partial charge in [0, 0.05) is 23.1 Å². The van der Waals surface area contributed by atoms with Crippen molar-refractivity contribution in [2.75, 3.05) is 12.3 Å². The van der Waals surface area contributed by atoms with Crippen LogP contribution in [-0.4, -0.2) is 37.6 Å². The fourth-order valence-corrected chi connectivity index (χ4v) is 2.78. The van der Waals surface area contributed by atoms with E-state index in [1.807, 2.05) is 17.5 Å². The van der Waals surface area contributed by atoms with Crippen LogP contribution in [0.15, 0.2) is 29.6 Å². The summed E-state index contributed by atoms with van der Waals surface area (Å²) in [4.78, 5) is 17.7. The normalized spacial score (nSPS) is 10.7. The van der Waals surface area contributed by atoms with E-state index in [9.17, 15) is 4.79 Å². The molecule has 0 bridgehead atoms. The molecule has 1 aromatic carbocycles. The predicted octanol–water partition coefficient (Wildman–Crippen LogP) is 1.28. The number of aryl methyl sites for hydroxylation is 2. The largest absolute Gasteiger partial charge is 0.375 e. The predicted molar refractivity (Wildman–Crippen MR) is 91.4 cm³/mol. The SMILES string of the molecule is Cn1nnc(-c2ccc(C(=O)NCCCc3csc(N)n3)cc2)n1. The molecule has 8 nitrogen and oxygen atoms in total. The molecule has 2 heterocycles. The summed E-state index contributed by atoms with van der Waals surface area (Å²) in [5, 5.41) is 17.3. The number of amides is 1. The molecule has 0 atom stereocenters. The van der Waals surface area contributed by atoms with Gasteiger partial charge in [-0.2, -0.15) is 4.80 Å². The molecule has 0 spiro atoms. The highest BCUT2D eigenvalue weighted by Crippen LogP contribution is 2.14. The number of tetrazole rings is 1. The maximum atomic E-state index is 12.1. The van der Waals surface area contributed by atoms with Gasteiger partial charge in [-0.3, -0.25) is 4.79 Å². The van der Waals surface area contributed by atoms with Gasteiger partial charge in [0.1, 0.15) is 0 Å². The fourth-order valence-electron chi connectivity index (χ4n) is 2.18. The number of aromatic nitrogens is 5. The van der Waals surface area contributed by atoms with Gasteiger partial charge < -0.3 is 11.1 Å². The van der Waals surface area contributed by atoms with Gasteiger partial charge in [0.25, 0.3) is 5.91 Å². The summed E-state index contributed by atoms with van der Waals surface area (Å²) in [6.07, 6.45) is 1.61. The number of nitrogens with zero attached hydrogens (tertiary/aromatic N) is 5. The smallest absolute Gasteiger partial charge is 0.251 e. The second-order valence-corrected chi connectivity index (χ2v) is 6.11. The van der Waals surface area contributed by atoms with Crippen molar-refractivity contribution in [3.8, 4) is 11.4 Å². The van der Waals surface area contributed by atoms with Crippen LogP contribution in [0.1, 0.15) is 22.5 Å². The van der Waals surface area contributed by atoms with Crippen molar-refractivity contribution in [1.82, 2.24) is 30.5 Å². The molecule has 0 saturated heterocycles. The Bertz CT molecular complexity index is 824. The lowest BCUT2D eigenvalue weighted by Crippen LogP contribution is -2.24. The number of hydrogen-bond acceptors (Lipinski definition) is 7. The summed E-state index contributed by atoms with van der Waals surface area (Å²) in [6.45, 7) is 0.587. The van der Waals surface area contributed by atoms with E-state index < -0.39 is 0 Å². The molecule has 9 heteroatoms. The first-order valence-electron chi connectivity index (χ1n) is 7.44. The highest BCUT2D eigenvalue weighted by atomic mass is 32.1. The second kappa shape index (κ2) is 7.18. The van der Waals surface area contributed by atoms with Gasteiger partial charge in [0.05, 0.1) is 12.7 Å². The standard InChI is InChI=1S/C15H17N7OS/c1-22-20-13(19-21-22)10-4-6-11(7-5-10)14(23)17-8-2-3-12-9-24-15(16)18-12/h4-7,9H,2-3,8H2,1H3,(H2,16,18)(H,17,23). The zero-order chi connectivity index (χ0) is 16.9. The van der Waals surface area contributed by atoms with Crippen LogP contribution in [0.25, 0.3) is 11.4 Å². The highest BCUT2D eigenvalue weighted by Gasteiger charge is 2.08. The first-order valence-corrected chi connectivity index (χ1v) is 8.32. The molecule has 1 amide bonds. The Hall–Kier alpha value is -2.81. The van der Waals surface area contributed by atoms with Gasteiger partial charge in [-0.15, -0.1) is 21.5 Å². The molecule has 0 aliphatic carbocycles. The quantitative estimate of drug-likeness (QED) is 0.652. The minimum atomic E-state index is -0.105. The van der Waals surface area contributed by atoms with E-state index in [0.717, 1.165) is 24.1 Å². The molecule has 124 valence electrons. The van der Waals surface area contributed by atoms with Gasteiger partial charge in [-0.25, -0.2) is 4.98 Å². The average Bonchev–Trinajstić information content (AvgIpc) is 3.20. The number of thiazole rings is 1. The minimum Gasteiger partial charge on any atom is -0.375 e. The zero-order valence-corrected chi connectivity index (χ0v) is 14.0. The van der Waals surface area contributed by atoms with Crippen LogP contribution in [0.3, 0.4) is 0 Å². The lowest BCUT2D eigenvalue weighted by atomic mass is 10.1. The zero-order valence-electron chi connectivity index (χ0n) is 13.1. The minimum absolute atomic E-state index is 0.105. The maximum absolute atomic E-state index is 12.1. The Labute approximate surface area is 142 Å². The maximum Gasteiger partial charge on any atom is 0.251 e. The lowest BCUT2D eigenvalue weighted by Gasteiger charge is -2.05. The fraction of sp³-hybridized carbons (Fsp3) is 0.267. The number of anilines is 1. The Kier molecular flexibility index (Phi) is 4.80. The van der Waals surface area contributed by atoms with Crippen molar-refractivity contribution in [2.45, 2.75) is 12.8 Å². The van der Waals surface area contributed by atoms with E-state index in [4.69, 9.17) is 5.73 Å². The first kappa shape index (κ1) is 16.1. The third kappa shape index (κ3) is 3.93. The van der Waals surface area contributed by atoms with E-state index in [-0.39, 0.29) is 5.91 Å². The van der Waals surface area contributed by atoms with Crippen molar-refractivity contribution in [3.63, 3.8) is 0 Å².